The molecule has 3 aliphatic heterocycles. The van der Waals surface area contributed by atoms with E-state index in [1.807, 2.05) is 9.58 Å². The van der Waals surface area contributed by atoms with Crippen LogP contribution in [0.3, 0.4) is 0 Å². The van der Waals surface area contributed by atoms with Gasteiger partial charge in [-0.25, -0.2) is 4.68 Å². The lowest BCUT2D eigenvalue weighted by Gasteiger charge is -2.41. The largest absolute Gasteiger partial charge is 0.370 e. The molecule has 2 saturated heterocycles. The molecule has 1 amide bonds. The summed E-state index contributed by atoms with van der Waals surface area (Å²) in [5.41, 5.74) is 2.43. The van der Waals surface area contributed by atoms with Gasteiger partial charge in [0.25, 0.3) is 0 Å². The summed E-state index contributed by atoms with van der Waals surface area (Å²) in [7, 11) is 0. The number of aromatic nitrogens is 3. The van der Waals surface area contributed by atoms with Gasteiger partial charge >= 0.3 is 0 Å². The summed E-state index contributed by atoms with van der Waals surface area (Å²) >= 11 is 0. The Labute approximate surface area is 165 Å². The molecule has 1 aromatic carbocycles. The van der Waals surface area contributed by atoms with Gasteiger partial charge in [0.05, 0.1) is 37.2 Å². The van der Waals surface area contributed by atoms with E-state index in [0.717, 1.165) is 44.6 Å². The number of ether oxygens (including phenoxy) is 1. The van der Waals surface area contributed by atoms with Crippen molar-refractivity contribution in [1.82, 2.24) is 24.8 Å². The molecule has 3 aliphatic rings. The van der Waals surface area contributed by atoms with Crippen LogP contribution in [0.25, 0.3) is 0 Å². The molecule has 0 bridgehead atoms. The summed E-state index contributed by atoms with van der Waals surface area (Å²) < 4.78 is 7.91. The first-order valence-electron chi connectivity index (χ1n) is 10.3. The van der Waals surface area contributed by atoms with Crippen molar-refractivity contribution in [2.45, 2.75) is 43.9 Å². The van der Waals surface area contributed by atoms with E-state index in [9.17, 15) is 4.79 Å². The lowest BCUT2D eigenvalue weighted by molar-refractivity contribution is -0.139. The van der Waals surface area contributed by atoms with Gasteiger partial charge in [0, 0.05) is 13.1 Å². The molecule has 2 fully saturated rings. The Bertz CT molecular complexity index is 815. The second kappa shape index (κ2) is 7.64. The molecule has 0 aliphatic carbocycles. The van der Waals surface area contributed by atoms with E-state index in [1.54, 1.807) is 6.20 Å². The number of nitrogens with zero attached hydrogens (tertiary/aromatic N) is 5. The van der Waals surface area contributed by atoms with E-state index < -0.39 is 0 Å². The predicted octanol–water partition coefficient (Wildman–Crippen LogP) is 1.83. The minimum atomic E-state index is 0.0905. The van der Waals surface area contributed by atoms with Crippen LogP contribution in [0.2, 0.25) is 0 Å². The first kappa shape index (κ1) is 17.8. The maximum Gasteiger partial charge on any atom is 0.236 e. The van der Waals surface area contributed by atoms with Gasteiger partial charge < -0.3 is 9.64 Å². The van der Waals surface area contributed by atoms with Crippen molar-refractivity contribution in [2.75, 3.05) is 32.7 Å². The highest BCUT2D eigenvalue weighted by Crippen LogP contribution is 2.31. The third-order valence-corrected chi connectivity index (χ3v) is 6.50. The molecule has 28 heavy (non-hydrogen) atoms. The van der Waals surface area contributed by atoms with Crippen LogP contribution in [-0.2, 0) is 16.1 Å². The second-order valence-corrected chi connectivity index (χ2v) is 8.18. The van der Waals surface area contributed by atoms with Crippen LogP contribution in [-0.4, -0.2) is 69.5 Å². The first-order chi connectivity index (χ1) is 13.8. The average Bonchev–Trinajstić information content (AvgIpc) is 3.24. The summed E-state index contributed by atoms with van der Waals surface area (Å²) in [4.78, 5) is 17.2. The van der Waals surface area contributed by atoms with Crippen LogP contribution in [0.15, 0.2) is 36.5 Å². The van der Waals surface area contributed by atoms with Gasteiger partial charge in [0.1, 0.15) is 0 Å². The predicted molar refractivity (Wildman–Crippen MR) is 104 cm³/mol. The smallest absolute Gasteiger partial charge is 0.236 e. The number of piperidine rings is 2. The fourth-order valence-corrected chi connectivity index (χ4v) is 4.85. The number of hydrogen-bond donors (Lipinski definition) is 0. The Hall–Kier alpha value is -2.25. The first-order valence-corrected chi connectivity index (χ1v) is 10.3. The Morgan fingerprint density at radius 1 is 1.11 bits per heavy atom. The van der Waals surface area contributed by atoms with Crippen LogP contribution in [0, 0.1) is 0 Å². The number of rotatable bonds is 3. The van der Waals surface area contributed by atoms with E-state index in [2.05, 4.69) is 45.5 Å². The molecule has 0 unspecified atom stereocenters. The van der Waals surface area contributed by atoms with Crippen LogP contribution < -0.4 is 0 Å². The van der Waals surface area contributed by atoms with E-state index in [4.69, 9.17) is 4.74 Å². The number of hydrogen-bond acceptors (Lipinski definition) is 5. The third-order valence-electron chi connectivity index (χ3n) is 6.50. The highest BCUT2D eigenvalue weighted by molar-refractivity contribution is 5.78. The van der Waals surface area contributed by atoms with Gasteiger partial charge in [-0.15, -0.1) is 5.10 Å². The van der Waals surface area contributed by atoms with E-state index in [0.29, 0.717) is 25.6 Å². The topological polar surface area (TPSA) is 63.5 Å². The molecule has 2 atom stereocenters. The van der Waals surface area contributed by atoms with Gasteiger partial charge in [-0.1, -0.05) is 35.5 Å². The normalized spacial score (nSPS) is 25.9. The molecule has 0 spiro atoms. The third kappa shape index (κ3) is 3.44. The molecule has 2 aromatic rings. The van der Waals surface area contributed by atoms with Gasteiger partial charge in [0.2, 0.25) is 5.91 Å². The van der Waals surface area contributed by atoms with Crippen molar-refractivity contribution in [3.8, 4) is 0 Å². The van der Waals surface area contributed by atoms with Gasteiger partial charge in [-0.05, 0) is 43.8 Å². The summed E-state index contributed by atoms with van der Waals surface area (Å²) in [6.45, 7) is 4.50. The van der Waals surface area contributed by atoms with E-state index in [-0.39, 0.29) is 18.1 Å². The molecule has 0 N–H and O–H groups in total. The molecule has 148 valence electrons. The van der Waals surface area contributed by atoms with Crippen molar-refractivity contribution in [2.24, 2.45) is 0 Å². The molecule has 7 nitrogen and oxygen atoms in total. The van der Waals surface area contributed by atoms with Crippen LogP contribution in [0.1, 0.15) is 42.5 Å². The molecule has 4 heterocycles. The zero-order valence-electron chi connectivity index (χ0n) is 16.1. The van der Waals surface area contributed by atoms with Crippen molar-refractivity contribution in [3.63, 3.8) is 0 Å². The lowest BCUT2D eigenvalue weighted by Crippen LogP contribution is -2.52. The van der Waals surface area contributed by atoms with E-state index >= 15 is 0 Å². The van der Waals surface area contributed by atoms with Gasteiger partial charge in [0.15, 0.2) is 0 Å². The maximum absolute atomic E-state index is 12.9. The molecule has 7 heteroatoms. The average molecular weight is 381 g/mol. The van der Waals surface area contributed by atoms with Crippen LogP contribution >= 0.6 is 0 Å². The monoisotopic (exact) mass is 381 g/mol. The summed E-state index contributed by atoms with van der Waals surface area (Å²) in [5, 5.41) is 8.24. The molecule has 0 radical (unpaired) electrons. The molecule has 1 aromatic heterocycles. The Morgan fingerprint density at radius 2 is 1.93 bits per heavy atom. The van der Waals surface area contributed by atoms with Crippen molar-refractivity contribution in [1.29, 1.82) is 0 Å². The van der Waals surface area contributed by atoms with E-state index in [1.165, 1.54) is 5.56 Å². The summed E-state index contributed by atoms with van der Waals surface area (Å²) in [5.74, 6) is 0.845. The Morgan fingerprint density at radius 3 is 2.75 bits per heavy atom. The quantitative estimate of drug-likeness (QED) is 0.812. The lowest BCUT2D eigenvalue weighted by atomic mass is 9.89. The number of carbonyl (C=O) groups is 1. The fraction of sp³-hybridized carbons (Fsp3) is 0.571. The van der Waals surface area contributed by atoms with Crippen LogP contribution in [0.4, 0.5) is 0 Å². The molecule has 5 rings (SSSR count). The van der Waals surface area contributed by atoms with Crippen molar-refractivity contribution >= 4 is 5.91 Å². The molecule has 0 saturated carbocycles. The van der Waals surface area contributed by atoms with Gasteiger partial charge in [-0.3, -0.25) is 9.69 Å². The number of carbonyl (C=O) groups excluding carboxylic acids is 1. The van der Waals surface area contributed by atoms with Crippen molar-refractivity contribution in [3.05, 3.63) is 47.8 Å². The number of benzene rings is 1. The van der Waals surface area contributed by atoms with Crippen LogP contribution in [0.5, 0.6) is 0 Å². The Balaban J connectivity index is 1.16. The maximum atomic E-state index is 12.9. The number of amides is 1. The highest BCUT2D eigenvalue weighted by atomic mass is 16.5. The standard InChI is InChI=1S/C21H27N5O2/c27-21(14-24-9-6-17(7-10-24)16-4-2-1-3-5-16)25-11-8-20-19(13-25)26-18(15-28-20)12-22-23-26/h1-5,12,17,19-20H,6-11,13-15H2/t19-,20-/m1/s1. The number of fused-ring (bicyclic) bond motifs is 3. The minimum absolute atomic E-state index is 0.0905. The molecular formula is C21H27N5O2. The highest BCUT2D eigenvalue weighted by Gasteiger charge is 2.38. The number of likely N-dealkylation sites (tertiary alicyclic amines) is 2. The second-order valence-electron chi connectivity index (χ2n) is 8.18. The van der Waals surface area contributed by atoms with Crippen molar-refractivity contribution < 1.29 is 9.53 Å². The zero-order valence-corrected chi connectivity index (χ0v) is 16.1. The summed E-state index contributed by atoms with van der Waals surface area (Å²) in [6.07, 6.45) is 5.01. The fourth-order valence-electron chi connectivity index (χ4n) is 4.85. The Kier molecular flexibility index (Phi) is 4.86. The molecular weight excluding hydrogens is 354 g/mol. The van der Waals surface area contributed by atoms with Gasteiger partial charge in [-0.2, -0.15) is 0 Å². The zero-order chi connectivity index (χ0) is 18.9. The SMILES string of the molecule is O=C(CN1CCC(c2ccccc2)CC1)N1CC[C@H]2OCc3cnnn3[C@@H]2C1. The summed E-state index contributed by atoms with van der Waals surface area (Å²) in [6, 6.07) is 10.8. The minimum Gasteiger partial charge on any atom is -0.370 e.